The average Bonchev–Trinajstić information content (AvgIpc) is 2.93. The standard InChI is InChI=1S/C16H20N2O4S/c1-11-7-8-14(22-11)16(2,20)10-17-15(19)18-12-5-4-6-13(9-12)23(3)21/h4-9,20H,10H2,1-3H3,(H2,17,18,19)/t16-,23+/m0/s1. The third kappa shape index (κ3) is 4.67. The zero-order chi connectivity index (χ0) is 17.0. The van der Waals surface area contributed by atoms with Crippen LogP contribution in [0.1, 0.15) is 18.4 Å². The molecular weight excluding hydrogens is 316 g/mol. The number of furan rings is 1. The van der Waals surface area contributed by atoms with Gasteiger partial charge in [-0.05, 0) is 44.2 Å². The smallest absolute Gasteiger partial charge is 0.319 e. The molecule has 0 aliphatic carbocycles. The summed E-state index contributed by atoms with van der Waals surface area (Å²) in [4.78, 5) is 12.6. The van der Waals surface area contributed by atoms with Crippen molar-refractivity contribution >= 4 is 22.5 Å². The number of amides is 2. The van der Waals surface area contributed by atoms with E-state index in [1.165, 1.54) is 0 Å². The van der Waals surface area contributed by atoms with Crippen molar-refractivity contribution in [2.24, 2.45) is 0 Å². The molecule has 23 heavy (non-hydrogen) atoms. The predicted molar refractivity (Wildman–Crippen MR) is 88.8 cm³/mol. The molecule has 0 aliphatic rings. The van der Waals surface area contributed by atoms with Crippen LogP contribution in [0.2, 0.25) is 0 Å². The Hall–Kier alpha value is -2.12. The molecule has 1 aromatic carbocycles. The van der Waals surface area contributed by atoms with Crippen LogP contribution in [0.25, 0.3) is 0 Å². The highest BCUT2D eigenvalue weighted by Crippen LogP contribution is 2.22. The van der Waals surface area contributed by atoms with E-state index in [0.717, 1.165) is 0 Å². The van der Waals surface area contributed by atoms with Gasteiger partial charge in [0.2, 0.25) is 0 Å². The zero-order valence-corrected chi connectivity index (χ0v) is 14.1. The number of nitrogens with one attached hydrogen (secondary N) is 2. The van der Waals surface area contributed by atoms with Crippen LogP contribution >= 0.6 is 0 Å². The second-order valence-corrected chi connectivity index (χ2v) is 6.85. The molecule has 6 nitrogen and oxygen atoms in total. The summed E-state index contributed by atoms with van der Waals surface area (Å²) < 4.78 is 16.8. The quantitative estimate of drug-likeness (QED) is 0.781. The lowest BCUT2D eigenvalue weighted by Gasteiger charge is -2.21. The summed E-state index contributed by atoms with van der Waals surface area (Å²) in [6, 6.07) is 9.74. The van der Waals surface area contributed by atoms with Crippen molar-refractivity contribution in [3.8, 4) is 0 Å². The summed E-state index contributed by atoms with van der Waals surface area (Å²) in [7, 11) is -1.12. The van der Waals surface area contributed by atoms with Crippen LogP contribution in [0.3, 0.4) is 0 Å². The fourth-order valence-electron chi connectivity index (χ4n) is 1.99. The highest BCUT2D eigenvalue weighted by atomic mass is 32.2. The fourth-order valence-corrected chi connectivity index (χ4v) is 2.55. The Labute approximate surface area is 137 Å². The van der Waals surface area contributed by atoms with Crippen LogP contribution in [-0.4, -0.2) is 28.1 Å². The molecule has 1 heterocycles. The Kier molecular flexibility index (Phi) is 5.23. The summed E-state index contributed by atoms with van der Waals surface area (Å²) in [5, 5.41) is 15.6. The lowest BCUT2D eigenvalue weighted by molar-refractivity contribution is 0.0364. The van der Waals surface area contributed by atoms with Crippen LogP contribution in [0, 0.1) is 6.92 Å². The fraction of sp³-hybridized carbons (Fsp3) is 0.312. The van der Waals surface area contributed by atoms with Crippen molar-refractivity contribution in [2.45, 2.75) is 24.3 Å². The molecule has 2 rings (SSSR count). The van der Waals surface area contributed by atoms with Gasteiger partial charge in [-0.2, -0.15) is 0 Å². The van der Waals surface area contributed by atoms with Crippen molar-refractivity contribution in [1.82, 2.24) is 5.32 Å². The lowest BCUT2D eigenvalue weighted by atomic mass is 10.0. The number of carbonyl (C=O) groups excluding carboxylic acids is 1. The number of urea groups is 1. The minimum Gasteiger partial charge on any atom is -0.463 e. The van der Waals surface area contributed by atoms with Gasteiger partial charge in [0.05, 0.1) is 6.54 Å². The van der Waals surface area contributed by atoms with Crippen molar-refractivity contribution in [3.05, 3.63) is 47.9 Å². The molecule has 0 fully saturated rings. The van der Waals surface area contributed by atoms with E-state index in [-0.39, 0.29) is 6.54 Å². The first-order valence-electron chi connectivity index (χ1n) is 7.05. The van der Waals surface area contributed by atoms with E-state index in [0.29, 0.717) is 22.1 Å². The van der Waals surface area contributed by atoms with Crippen LogP contribution in [0.4, 0.5) is 10.5 Å². The molecule has 1 aromatic heterocycles. The largest absolute Gasteiger partial charge is 0.463 e. The van der Waals surface area contributed by atoms with E-state index in [9.17, 15) is 14.1 Å². The van der Waals surface area contributed by atoms with Crippen molar-refractivity contribution in [2.75, 3.05) is 18.1 Å². The minimum absolute atomic E-state index is 0.00874. The number of aliphatic hydroxyl groups is 1. The van der Waals surface area contributed by atoms with Gasteiger partial charge < -0.3 is 20.2 Å². The first-order valence-corrected chi connectivity index (χ1v) is 8.61. The third-order valence-electron chi connectivity index (χ3n) is 3.29. The Morgan fingerprint density at radius 3 is 2.70 bits per heavy atom. The van der Waals surface area contributed by atoms with Crippen LogP contribution in [0.5, 0.6) is 0 Å². The molecule has 0 radical (unpaired) electrons. The summed E-state index contributed by atoms with van der Waals surface area (Å²) in [5.74, 6) is 1.08. The van der Waals surface area contributed by atoms with Crippen LogP contribution < -0.4 is 10.6 Å². The van der Waals surface area contributed by atoms with Gasteiger partial charge in [0.1, 0.15) is 17.1 Å². The van der Waals surface area contributed by atoms with E-state index in [2.05, 4.69) is 10.6 Å². The summed E-state index contributed by atoms with van der Waals surface area (Å²) in [6.45, 7) is 3.34. The number of carbonyl (C=O) groups is 1. The van der Waals surface area contributed by atoms with Gasteiger partial charge in [-0.3, -0.25) is 4.21 Å². The molecule has 0 saturated heterocycles. The Balaban J connectivity index is 1.95. The number of benzene rings is 1. The number of rotatable bonds is 5. The number of aryl methyl sites for hydroxylation is 1. The zero-order valence-electron chi connectivity index (χ0n) is 13.3. The first kappa shape index (κ1) is 17.2. The maximum Gasteiger partial charge on any atom is 0.319 e. The van der Waals surface area contributed by atoms with E-state index in [1.54, 1.807) is 56.5 Å². The van der Waals surface area contributed by atoms with E-state index >= 15 is 0 Å². The molecule has 2 atom stereocenters. The molecule has 7 heteroatoms. The highest BCUT2D eigenvalue weighted by molar-refractivity contribution is 7.84. The summed E-state index contributed by atoms with van der Waals surface area (Å²) >= 11 is 0. The summed E-state index contributed by atoms with van der Waals surface area (Å²) in [6.07, 6.45) is 1.57. The molecule has 0 saturated carbocycles. The number of hydrogen-bond donors (Lipinski definition) is 3. The monoisotopic (exact) mass is 336 g/mol. The van der Waals surface area contributed by atoms with Crippen molar-refractivity contribution in [1.29, 1.82) is 0 Å². The Morgan fingerprint density at radius 1 is 1.35 bits per heavy atom. The van der Waals surface area contributed by atoms with Gasteiger partial charge in [0.15, 0.2) is 0 Å². The SMILES string of the molecule is Cc1ccc([C@@](C)(O)CNC(=O)Nc2cccc([S@@](C)=O)c2)o1. The molecule has 0 aliphatic heterocycles. The normalized spacial score (nSPS) is 14.8. The van der Waals surface area contributed by atoms with Crippen LogP contribution in [-0.2, 0) is 16.4 Å². The Bertz CT molecular complexity index is 724. The molecule has 2 amide bonds. The third-order valence-corrected chi connectivity index (χ3v) is 4.21. The van der Waals surface area contributed by atoms with Crippen LogP contribution in [0.15, 0.2) is 45.7 Å². The van der Waals surface area contributed by atoms with Gasteiger partial charge in [0, 0.05) is 27.6 Å². The minimum atomic E-state index is -1.31. The van der Waals surface area contributed by atoms with E-state index in [1.807, 2.05) is 0 Å². The van der Waals surface area contributed by atoms with Gasteiger partial charge in [-0.15, -0.1) is 0 Å². The molecule has 124 valence electrons. The molecule has 0 bridgehead atoms. The van der Waals surface area contributed by atoms with E-state index in [4.69, 9.17) is 4.42 Å². The number of anilines is 1. The Morgan fingerprint density at radius 2 is 2.09 bits per heavy atom. The molecule has 3 N–H and O–H groups in total. The molecule has 0 spiro atoms. The van der Waals surface area contributed by atoms with Gasteiger partial charge in [-0.1, -0.05) is 6.07 Å². The molecular formula is C16H20N2O4S. The van der Waals surface area contributed by atoms with Crippen molar-refractivity contribution < 1.29 is 18.5 Å². The second kappa shape index (κ2) is 6.97. The molecule has 2 aromatic rings. The van der Waals surface area contributed by atoms with E-state index < -0.39 is 22.4 Å². The lowest BCUT2D eigenvalue weighted by Crippen LogP contribution is -2.40. The second-order valence-electron chi connectivity index (χ2n) is 5.47. The van der Waals surface area contributed by atoms with Gasteiger partial charge >= 0.3 is 6.03 Å². The maximum absolute atomic E-state index is 11.9. The van der Waals surface area contributed by atoms with Gasteiger partial charge in [-0.25, -0.2) is 4.79 Å². The van der Waals surface area contributed by atoms with Crippen molar-refractivity contribution in [3.63, 3.8) is 0 Å². The topological polar surface area (TPSA) is 91.6 Å². The average molecular weight is 336 g/mol. The predicted octanol–water partition coefficient (Wildman–Crippen LogP) is 2.35. The van der Waals surface area contributed by atoms with Gasteiger partial charge in [0.25, 0.3) is 0 Å². The highest BCUT2D eigenvalue weighted by Gasteiger charge is 2.27. The number of hydrogen-bond acceptors (Lipinski definition) is 4. The maximum atomic E-state index is 11.9. The summed E-state index contributed by atoms with van der Waals surface area (Å²) in [5.41, 5.74) is -0.776. The first-order chi connectivity index (χ1) is 10.8. The molecule has 0 unspecified atom stereocenters.